The highest BCUT2D eigenvalue weighted by molar-refractivity contribution is 5.92. The second-order valence-corrected chi connectivity index (χ2v) is 6.64. The van der Waals surface area contributed by atoms with Crippen molar-refractivity contribution in [1.29, 1.82) is 0 Å². The smallest absolute Gasteiger partial charge is 0.271 e. The van der Waals surface area contributed by atoms with Crippen molar-refractivity contribution in [2.75, 3.05) is 26.2 Å². The average Bonchev–Trinajstić information content (AvgIpc) is 3.17. The lowest BCUT2D eigenvalue weighted by Crippen LogP contribution is -2.51. The van der Waals surface area contributed by atoms with Gasteiger partial charge in [-0.05, 0) is 30.2 Å². The molecule has 2 saturated heterocycles. The SMILES string of the molecule is O=C(c1ccn[nH]1)N1CC[C@H]2C(=O)N(Cc3ccncc3)CCO[C@H]2C1. The van der Waals surface area contributed by atoms with E-state index in [9.17, 15) is 9.59 Å². The number of pyridine rings is 1. The van der Waals surface area contributed by atoms with Gasteiger partial charge in [0.15, 0.2) is 0 Å². The molecule has 8 nitrogen and oxygen atoms in total. The van der Waals surface area contributed by atoms with Gasteiger partial charge in [0.2, 0.25) is 5.91 Å². The van der Waals surface area contributed by atoms with E-state index in [2.05, 4.69) is 15.2 Å². The van der Waals surface area contributed by atoms with Crippen LogP contribution in [0.25, 0.3) is 0 Å². The molecule has 0 saturated carbocycles. The lowest BCUT2D eigenvalue weighted by Gasteiger charge is -2.36. The molecule has 2 fully saturated rings. The number of likely N-dealkylation sites (tertiary alicyclic amines) is 1. The van der Waals surface area contributed by atoms with Gasteiger partial charge >= 0.3 is 0 Å². The van der Waals surface area contributed by atoms with Crippen molar-refractivity contribution in [3.05, 3.63) is 48.0 Å². The van der Waals surface area contributed by atoms with Gasteiger partial charge in [0, 0.05) is 44.8 Å². The number of H-pyrrole nitrogens is 1. The molecular formula is C18H21N5O3. The maximum absolute atomic E-state index is 13.0. The van der Waals surface area contributed by atoms with Crippen LogP contribution in [0.5, 0.6) is 0 Å². The fourth-order valence-electron chi connectivity index (χ4n) is 3.62. The highest BCUT2D eigenvalue weighted by atomic mass is 16.5. The molecule has 0 unspecified atom stereocenters. The van der Waals surface area contributed by atoms with Crippen molar-refractivity contribution in [2.24, 2.45) is 5.92 Å². The van der Waals surface area contributed by atoms with Gasteiger partial charge in [-0.25, -0.2) is 0 Å². The Kier molecular flexibility index (Phi) is 4.66. The van der Waals surface area contributed by atoms with E-state index in [1.165, 1.54) is 0 Å². The van der Waals surface area contributed by atoms with Crippen LogP contribution in [-0.2, 0) is 16.1 Å². The summed E-state index contributed by atoms with van der Waals surface area (Å²) in [5, 5.41) is 6.53. The Balaban J connectivity index is 1.44. The minimum atomic E-state index is -0.259. The molecule has 2 amide bonds. The van der Waals surface area contributed by atoms with E-state index in [1.54, 1.807) is 29.6 Å². The molecule has 2 aromatic heterocycles. The average molecular weight is 355 g/mol. The van der Waals surface area contributed by atoms with Crippen LogP contribution in [0, 0.1) is 5.92 Å². The van der Waals surface area contributed by atoms with Crippen molar-refractivity contribution in [3.8, 4) is 0 Å². The van der Waals surface area contributed by atoms with Crippen LogP contribution >= 0.6 is 0 Å². The molecule has 26 heavy (non-hydrogen) atoms. The third-order valence-electron chi connectivity index (χ3n) is 5.02. The maximum Gasteiger partial charge on any atom is 0.271 e. The number of rotatable bonds is 3. The minimum Gasteiger partial charge on any atom is -0.374 e. The Bertz CT molecular complexity index is 764. The summed E-state index contributed by atoms with van der Waals surface area (Å²) in [6.45, 7) is 2.56. The van der Waals surface area contributed by atoms with Crippen LogP contribution in [0.4, 0.5) is 0 Å². The van der Waals surface area contributed by atoms with Crippen molar-refractivity contribution in [1.82, 2.24) is 25.0 Å². The molecule has 2 aliphatic rings. The molecule has 0 radical (unpaired) electrons. The van der Waals surface area contributed by atoms with Crippen molar-refractivity contribution in [3.63, 3.8) is 0 Å². The minimum absolute atomic E-state index is 0.102. The molecule has 136 valence electrons. The van der Waals surface area contributed by atoms with E-state index in [0.29, 0.717) is 44.9 Å². The molecular weight excluding hydrogens is 334 g/mol. The predicted molar refractivity (Wildman–Crippen MR) is 92.0 cm³/mol. The van der Waals surface area contributed by atoms with Gasteiger partial charge in [-0.3, -0.25) is 19.7 Å². The number of ether oxygens (including phenoxy) is 1. The molecule has 2 aromatic rings. The number of aromatic nitrogens is 3. The summed E-state index contributed by atoms with van der Waals surface area (Å²) in [6.07, 6.45) is 5.37. The molecule has 0 spiro atoms. The van der Waals surface area contributed by atoms with Gasteiger partial charge in [0.25, 0.3) is 5.91 Å². The number of hydrogen-bond acceptors (Lipinski definition) is 5. The second kappa shape index (κ2) is 7.25. The van der Waals surface area contributed by atoms with Crippen LogP contribution in [0.2, 0.25) is 0 Å². The lowest BCUT2D eigenvalue weighted by atomic mass is 9.92. The predicted octanol–water partition coefficient (Wildman–Crippen LogP) is 0.694. The van der Waals surface area contributed by atoms with Crippen LogP contribution in [0.15, 0.2) is 36.8 Å². The van der Waals surface area contributed by atoms with Crippen molar-refractivity contribution >= 4 is 11.8 Å². The summed E-state index contributed by atoms with van der Waals surface area (Å²) < 4.78 is 5.95. The number of carbonyl (C=O) groups excluding carboxylic acids is 2. The van der Waals surface area contributed by atoms with Crippen LogP contribution < -0.4 is 0 Å². The molecule has 2 aliphatic heterocycles. The van der Waals surface area contributed by atoms with Gasteiger partial charge in [-0.2, -0.15) is 5.10 Å². The number of hydrogen-bond donors (Lipinski definition) is 1. The van der Waals surface area contributed by atoms with E-state index in [4.69, 9.17) is 4.74 Å². The summed E-state index contributed by atoms with van der Waals surface area (Å²) in [5.41, 5.74) is 1.52. The summed E-state index contributed by atoms with van der Waals surface area (Å²) in [4.78, 5) is 33.1. The molecule has 0 bridgehead atoms. The van der Waals surface area contributed by atoms with Crippen LogP contribution in [0.3, 0.4) is 0 Å². The second-order valence-electron chi connectivity index (χ2n) is 6.64. The Morgan fingerprint density at radius 2 is 2.08 bits per heavy atom. The first-order chi connectivity index (χ1) is 12.7. The zero-order valence-electron chi connectivity index (χ0n) is 14.4. The van der Waals surface area contributed by atoms with Gasteiger partial charge < -0.3 is 14.5 Å². The van der Waals surface area contributed by atoms with E-state index in [1.807, 2.05) is 17.0 Å². The topological polar surface area (TPSA) is 91.4 Å². The number of aromatic amines is 1. The third-order valence-corrected chi connectivity index (χ3v) is 5.02. The lowest BCUT2D eigenvalue weighted by molar-refractivity contribution is -0.139. The maximum atomic E-state index is 13.0. The monoisotopic (exact) mass is 355 g/mol. The summed E-state index contributed by atoms with van der Waals surface area (Å²) >= 11 is 0. The standard InChI is InChI=1S/C18H21N5O3/c24-17-14-4-8-22(18(25)15-3-7-20-21-15)12-16(14)26-10-9-23(17)11-13-1-5-19-6-2-13/h1-3,5-7,14,16H,4,8-12H2,(H,20,21)/t14-,16+/m1/s1. The van der Waals surface area contributed by atoms with Gasteiger partial charge in [0.05, 0.1) is 18.6 Å². The molecule has 4 rings (SSSR count). The summed E-state index contributed by atoms with van der Waals surface area (Å²) in [6, 6.07) is 5.49. The number of nitrogens with zero attached hydrogens (tertiary/aromatic N) is 4. The van der Waals surface area contributed by atoms with Crippen molar-refractivity contribution in [2.45, 2.75) is 19.1 Å². The fourth-order valence-corrected chi connectivity index (χ4v) is 3.62. The molecule has 0 aromatic carbocycles. The van der Waals surface area contributed by atoms with E-state index in [0.717, 1.165) is 5.56 Å². The largest absolute Gasteiger partial charge is 0.374 e. The molecule has 4 heterocycles. The number of piperidine rings is 1. The highest BCUT2D eigenvalue weighted by Gasteiger charge is 2.40. The van der Waals surface area contributed by atoms with Gasteiger partial charge in [-0.1, -0.05) is 0 Å². The van der Waals surface area contributed by atoms with Gasteiger partial charge in [0.1, 0.15) is 5.69 Å². The highest BCUT2D eigenvalue weighted by Crippen LogP contribution is 2.26. The Hall–Kier alpha value is -2.74. The zero-order chi connectivity index (χ0) is 17.9. The first kappa shape index (κ1) is 16.7. The quantitative estimate of drug-likeness (QED) is 0.875. The summed E-state index contributed by atoms with van der Waals surface area (Å²) in [5.74, 6) is -0.196. The normalized spacial score (nSPS) is 23.5. The van der Waals surface area contributed by atoms with E-state index < -0.39 is 0 Å². The molecule has 2 atom stereocenters. The van der Waals surface area contributed by atoms with Gasteiger partial charge in [-0.15, -0.1) is 0 Å². The Morgan fingerprint density at radius 1 is 1.23 bits per heavy atom. The first-order valence-electron chi connectivity index (χ1n) is 8.80. The van der Waals surface area contributed by atoms with Crippen molar-refractivity contribution < 1.29 is 14.3 Å². The third kappa shape index (κ3) is 3.32. The number of fused-ring (bicyclic) bond motifs is 1. The van der Waals surface area contributed by atoms with Crippen LogP contribution in [0.1, 0.15) is 22.5 Å². The number of nitrogens with one attached hydrogen (secondary N) is 1. The Morgan fingerprint density at radius 3 is 2.85 bits per heavy atom. The van der Waals surface area contributed by atoms with Crippen LogP contribution in [-0.4, -0.2) is 69.1 Å². The number of amides is 2. The molecule has 8 heteroatoms. The number of carbonyl (C=O) groups is 2. The Labute approximate surface area is 151 Å². The first-order valence-corrected chi connectivity index (χ1v) is 8.80. The van der Waals surface area contributed by atoms with E-state index >= 15 is 0 Å². The van der Waals surface area contributed by atoms with E-state index in [-0.39, 0.29) is 23.8 Å². The fraction of sp³-hybridized carbons (Fsp3) is 0.444. The molecule has 1 N–H and O–H groups in total. The zero-order valence-corrected chi connectivity index (χ0v) is 14.4. The molecule has 0 aliphatic carbocycles. The summed E-state index contributed by atoms with van der Waals surface area (Å²) in [7, 11) is 0.